The molecule has 0 aromatic heterocycles. The van der Waals surface area contributed by atoms with Crippen LogP contribution in [0.1, 0.15) is 5.56 Å². The Morgan fingerprint density at radius 1 is 1.38 bits per heavy atom. The molecule has 1 aromatic carbocycles. The van der Waals surface area contributed by atoms with Gasteiger partial charge in [-0.2, -0.15) is 0 Å². The van der Waals surface area contributed by atoms with Crippen molar-refractivity contribution in [3.63, 3.8) is 0 Å². The summed E-state index contributed by atoms with van der Waals surface area (Å²) in [5.74, 6) is 0.642. The third kappa shape index (κ3) is 3.70. The van der Waals surface area contributed by atoms with E-state index in [1.165, 1.54) is 6.07 Å². The molecule has 72 valence electrons. The molecule has 0 saturated carbocycles. The van der Waals surface area contributed by atoms with Crippen LogP contribution >= 0.6 is 11.6 Å². The monoisotopic (exact) mass is 262 g/mol. The molecule has 0 spiro atoms. The van der Waals surface area contributed by atoms with E-state index in [4.69, 9.17) is 11.6 Å². The number of alkyl halides is 1. The zero-order valence-corrected chi connectivity index (χ0v) is 10.3. The fourth-order valence-electron chi connectivity index (χ4n) is 1.14. The first-order valence-corrected chi connectivity index (χ1v) is 9.28. The molecule has 0 fully saturated rings. The summed E-state index contributed by atoms with van der Waals surface area (Å²) in [4.78, 5) is 0. The minimum atomic E-state index is -0.893. The Morgan fingerprint density at radius 3 is 2.69 bits per heavy atom. The van der Waals surface area contributed by atoms with E-state index in [0.29, 0.717) is 5.88 Å². The summed E-state index contributed by atoms with van der Waals surface area (Å²) in [6.45, 7) is 0. The summed E-state index contributed by atoms with van der Waals surface area (Å²) in [6.07, 6.45) is 0. The molecule has 0 N–H and O–H groups in total. The molecule has 1 aromatic rings. The summed E-state index contributed by atoms with van der Waals surface area (Å²) < 4.78 is 13.2. The van der Waals surface area contributed by atoms with Gasteiger partial charge in [-0.05, 0) is 0 Å². The molecule has 3 heteroatoms. The molecule has 0 aliphatic heterocycles. The van der Waals surface area contributed by atoms with Crippen LogP contribution in [0.15, 0.2) is 24.3 Å². The average Bonchev–Trinajstić information content (AvgIpc) is 2.09. The van der Waals surface area contributed by atoms with Crippen molar-refractivity contribution >= 4 is 26.3 Å². The van der Waals surface area contributed by atoms with Gasteiger partial charge < -0.3 is 0 Å². The normalized spacial score (nSPS) is 12.8. The van der Waals surface area contributed by atoms with Gasteiger partial charge in [-0.1, -0.05) is 0 Å². The Labute approximate surface area is 88.4 Å². The molecule has 1 rings (SSSR count). The van der Waals surface area contributed by atoms with Crippen LogP contribution in [0.25, 0.3) is 0 Å². The van der Waals surface area contributed by atoms with Gasteiger partial charge in [-0.3, -0.25) is 0 Å². The number of hydrogen-bond acceptors (Lipinski definition) is 0. The number of hydrogen-bond donors (Lipinski definition) is 0. The molecule has 1 unspecified atom stereocenters. The predicted molar refractivity (Wildman–Crippen MR) is 57.2 cm³/mol. The Morgan fingerprint density at radius 2 is 2.08 bits per heavy atom. The van der Waals surface area contributed by atoms with Crippen LogP contribution in [-0.4, -0.2) is 20.5 Å². The van der Waals surface area contributed by atoms with Gasteiger partial charge in [0.05, 0.1) is 0 Å². The van der Waals surface area contributed by atoms with Crippen molar-refractivity contribution in [1.29, 1.82) is 0 Å². The van der Waals surface area contributed by atoms with Crippen LogP contribution in [-0.2, 0) is 5.21 Å². The molecule has 0 aliphatic rings. The first kappa shape index (κ1) is 11.1. The van der Waals surface area contributed by atoms with E-state index in [-0.39, 0.29) is 5.82 Å². The van der Waals surface area contributed by atoms with E-state index < -0.39 is 14.7 Å². The van der Waals surface area contributed by atoms with Crippen molar-refractivity contribution in [2.24, 2.45) is 0 Å². The van der Waals surface area contributed by atoms with Crippen molar-refractivity contribution in [2.45, 2.75) is 16.1 Å². The molecular weight excluding hydrogens is 249 g/mol. The molecular formula is C10H13AsClF. The van der Waals surface area contributed by atoms with Gasteiger partial charge in [-0.25, -0.2) is 0 Å². The molecule has 0 radical (unpaired) electrons. The summed E-state index contributed by atoms with van der Waals surface area (Å²) in [5, 5.41) is 2.01. The zero-order chi connectivity index (χ0) is 9.68. The molecule has 0 aliphatic carbocycles. The fourth-order valence-corrected chi connectivity index (χ4v) is 5.34. The van der Waals surface area contributed by atoms with E-state index in [1.807, 2.05) is 12.1 Å². The van der Waals surface area contributed by atoms with Crippen LogP contribution in [0.5, 0.6) is 0 Å². The summed E-state index contributed by atoms with van der Waals surface area (Å²) in [6, 6.07) is 7.02. The second kappa shape index (κ2) is 5.67. The predicted octanol–water partition coefficient (Wildman–Crippen LogP) is 3.27. The summed E-state index contributed by atoms with van der Waals surface area (Å²) in [7, 11) is 0. The summed E-state index contributed by atoms with van der Waals surface area (Å²) >= 11 is 4.75. The maximum absolute atomic E-state index is 13.2. The second-order valence-corrected chi connectivity index (χ2v) is 8.59. The average molecular weight is 263 g/mol. The van der Waals surface area contributed by atoms with Crippen LogP contribution < -0.4 is 0 Å². The van der Waals surface area contributed by atoms with E-state index in [9.17, 15) is 4.39 Å². The first-order chi connectivity index (χ1) is 6.24. The van der Waals surface area contributed by atoms with Crippen molar-refractivity contribution in [3.05, 3.63) is 35.6 Å². The molecule has 0 amide bonds. The fraction of sp³-hybridized carbons (Fsp3) is 0.400. The third-order valence-corrected chi connectivity index (χ3v) is 6.55. The minimum absolute atomic E-state index is 0.0710. The number of rotatable bonds is 4. The van der Waals surface area contributed by atoms with Crippen LogP contribution in [0, 0.1) is 5.82 Å². The van der Waals surface area contributed by atoms with Crippen molar-refractivity contribution in [1.82, 2.24) is 0 Å². The van der Waals surface area contributed by atoms with Crippen molar-refractivity contribution in [2.75, 3.05) is 5.88 Å². The molecule has 0 bridgehead atoms. The Hall–Kier alpha value is -0.00156. The zero-order valence-electron chi connectivity index (χ0n) is 7.63. The van der Waals surface area contributed by atoms with E-state index in [0.717, 1.165) is 16.0 Å². The quantitative estimate of drug-likeness (QED) is 0.577. The Balaban J connectivity index is 2.58. The van der Waals surface area contributed by atoms with Gasteiger partial charge in [-0.15, -0.1) is 0 Å². The van der Waals surface area contributed by atoms with Crippen LogP contribution in [0.3, 0.4) is 0 Å². The van der Waals surface area contributed by atoms with Crippen LogP contribution in [0.2, 0.25) is 10.9 Å². The van der Waals surface area contributed by atoms with Gasteiger partial charge in [0.2, 0.25) is 0 Å². The van der Waals surface area contributed by atoms with Crippen molar-refractivity contribution in [3.8, 4) is 0 Å². The van der Waals surface area contributed by atoms with Crippen LogP contribution in [0.4, 0.5) is 4.39 Å². The standard InChI is InChI=1S/C10H13AsClF/c1-11(6-7-12)8-9-4-2-3-5-10(9)13/h2-5H,6-8H2,1H3. The topological polar surface area (TPSA) is 0 Å². The van der Waals surface area contributed by atoms with E-state index in [1.54, 1.807) is 6.07 Å². The third-order valence-electron chi connectivity index (χ3n) is 1.86. The first-order valence-electron chi connectivity index (χ1n) is 4.22. The van der Waals surface area contributed by atoms with Crippen molar-refractivity contribution < 1.29 is 4.39 Å². The summed E-state index contributed by atoms with van der Waals surface area (Å²) in [5.41, 5.74) is 3.09. The molecule has 13 heavy (non-hydrogen) atoms. The van der Waals surface area contributed by atoms with E-state index >= 15 is 0 Å². The van der Waals surface area contributed by atoms with Gasteiger partial charge in [0.15, 0.2) is 0 Å². The molecule has 0 heterocycles. The van der Waals surface area contributed by atoms with Gasteiger partial charge in [0.25, 0.3) is 0 Å². The Kier molecular flexibility index (Phi) is 4.83. The molecule has 0 nitrogen and oxygen atoms in total. The van der Waals surface area contributed by atoms with Gasteiger partial charge in [0, 0.05) is 0 Å². The van der Waals surface area contributed by atoms with Gasteiger partial charge >= 0.3 is 88.3 Å². The maximum atomic E-state index is 13.2. The molecule has 0 saturated heterocycles. The second-order valence-electron chi connectivity index (χ2n) is 3.02. The van der Waals surface area contributed by atoms with E-state index in [2.05, 4.69) is 5.71 Å². The molecule has 1 atom stereocenters. The number of benzene rings is 1. The number of halogens is 2. The Bertz CT molecular complexity index is 265. The SMILES string of the molecule is C[As](CCCl)Cc1ccccc1F. The van der Waals surface area contributed by atoms with Gasteiger partial charge in [0.1, 0.15) is 0 Å².